The number of rotatable bonds is 8. The van der Waals surface area contributed by atoms with Gasteiger partial charge in [0.2, 0.25) is 0 Å². The molecule has 0 fully saturated rings. The third kappa shape index (κ3) is 5.65. The van der Waals surface area contributed by atoms with Gasteiger partial charge in [-0.2, -0.15) is 0 Å². The fourth-order valence-electron chi connectivity index (χ4n) is 8.84. The zero-order valence-corrected chi connectivity index (χ0v) is 31.0. The lowest BCUT2D eigenvalue weighted by Crippen LogP contribution is -2.28. The summed E-state index contributed by atoms with van der Waals surface area (Å²) in [6, 6.07) is 86.1. The second-order valence-electron chi connectivity index (χ2n) is 14.5. The molecule has 0 heterocycles. The Kier molecular flexibility index (Phi) is 8.46. The summed E-state index contributed by atoms with van der Waals surface area (Å²) in [5.41, 5.74) is 17.7. The van der Waals surface area contributed by atoms with Gasteiger partial charge in [-0.15, -0.1) is 0 Å². The third-order valence-corrected chi connectivity index (χ3v) is 11.4. The van der Waals surface area contributed by atoms with Crippen LogP contribution in [-0.2, 0) is 5.41 Å². The Balaban J connectivity index is 1.15. The molecule has 0 radical (unpaired) electrons. The minimum Gasteiger partial charge on any atom is -0.310 e. The van der Waals surface area contributed by atoms with Crippen LogP contribution < -0.4 is 4.90 Å². The van der Waals surface area contributed by atoms with Gasteiger partial charge in [0.05, 0.1) is 11.1 Å². The van der Waals surface area contributed by atoms with Crippen LogP contribution in [0.3, 0.4) is 0 Å². The van der Waals surface area contributed by atoms with Crippen molar-refractivity contribution in [3.63, 3.8) is 0 Å². The standard InChI is InChI=1S/C55H39N/c1-4-17-40(18-5-1)42-31-35-47(36-32-42)56(48-37-33-43(34-38-48)41-19-6-2-7-20-41)54-30-15-12-25-49(54)44-21-16-24-46(39-44)55(45-22-8-3-9-23-45)52-28-13-10-26-50(52)51-27-11-14-29-53(51)55/h1-39H. The molecule has 0 bridgehead atoms. The summed E-state index contributed by atoms with van der Waals surface area (Å²) in [5, 5.41) is 0. The first-order chi connectivity index (χ1) is 27.8. The van der Waals surface area contributed by atoms with E-state index in [0.29, 0.717) is 0 Å². The van der Waals surface area contributed by atoms with Crippen LogP contribution in [0, 0.1) is 0 Å². The van der Waals surface area contributed by atoms with Crippen molar-refractivity contribution in [1.29, 1.82) is 0 Å². The first-order valence-electron chi connectivity index (χ1n) is 19.3. The average molecular weight is 714 g/mol. The SMILES string of the molecule is c1ccc(-c2ccc(N(c3ccc(-c4ccccc4)cc3)c3ccccc3-c3cccc(C4(c5ccccc5)c5ccccc5-c5ccccc54)c3)cc2)cc1. The Morgan fingerprint density at radius 1 is 0.268 bits per heavy atom. The van der Waals surface area contributed by atoms with Crippen molar-refractivity contribution < 1.29 is 0 Å². The predicted molar refractivity (Wildman–Crippen MR) is 235 cm³/mol. The summed E-state index contributed by atoms with van der Waals surface area (Å²) in [5.74, 6) is 0. The zero-order valence-electron chi connectivity index (χ0n) is 31.0. The van der Waals surface area contributed by atoms with Gasteiger partial charge >= 0.3 is 0 Å². The van der Waals surface area contributed by atoms with E-state index in [4.69, 9.17) is 0 Å². The van der Waals surface area contributed by atoms with Crippen LogP contribution in [0.1, 0.15) is 22.3 Å². The lowest BCUT2D eigenvalue weighted by molar-refractivity contribution is 0.769. The maximum Gasteiger partial charge on any atom is 0.0713 e. The average Bonchev–Trinajstić information content (AvgIpc) is 3.59. The van der Waals surface area contributed by atoms with E-state index >= 15 is 0 Å². The van der Waals surface area contributed by atoms with Gasteiger partial charge in [0.25, 0.3) is 0 Å². The summed E-state index contributed by atoms with van der Waals surface area (Å²) >= 11 is 0. The minimum absolute atomic E-state index is 0.473. The van der Waals surface area contributed by atoms with Crippen LogP contribution in [0.15, 0.2) is 237 Å². The first-order valence-corrected chi connectivity index (χ1v) is 19.3. The number of hydrogen-bond donors (Lipinski definition) is 0. The van der Waals surface area contributed by atoms with Gasteiger partial charge in [0, 0.05) is 16.9 Å². The minimum atomic E-state index is -0.473. The molecule has 56 heavy (non-hydrogen) atoms. The number of fused-ring (bicyclic) bond motifs is 3. The molecule has 10 rings (SSSR count). The number of para-hydroxylation sites is 1. The van der Waals surface area contributed by atoms with Crippen LogP contribution in [0.25, 0.3) is 44.5 Å². The highest BCUT2D eigenvalue weighted by Gasteiger charge is 2.45. The van der Waals surface area contributed by atoms with Gasteiger partial charge in [-0.25, -0.2) is 0 Å². The number of anilines is 3. The van der Waals surface area contributed by atoms with Gasteiger partial charge < -0.3 is 4.90 Å². The van der Waals surface area contributed by atoms with Crippen molar-refractivity contribution >= 4 is 17.1 Å². The molecule has 1 aliphatic rings. The Bertz CT molecular complexity index is 2640. The number of nitrogens with zero attached hydrogens (tertiary/aromatic N) is 1. The van der Waals surface area contributed by atoms with Crippen molar-refractivity contribution in [2.75, 3.05) is 4.90 Å². The Morgan fingerprint density at radius 2 is 0.661 bits per heavy atom. The summed E-state index contributed by atoms with van der Waals surface area (Å²) in [6.45, 7) is 0. The lowest BCUT2D eigenvalue weighted by Gasteiger charge is -2.34. The van der Waals surface area contributed by atoms with Gasteiger partial charge in [-0.3, -0.25) is 0 Å². The fourth-order valence-corrected chi connectivity index (χ4v) is 8.84. The van der Waals surface area contributed by atoms with Gasteiger partial charge in [0.15, 0.2) is 0 Å². The van der Waals surface area contributed by atoms with Crippen molar-refractivity contribution in [2.24, 2.45) is 0 Å². The van der Waals surface area contributed by atoms with Crippen LogP contribution in [0.2, 0.25) is 0 Å². The van der Waals surface area contributed by atoms with E-state index in [9.17, 15) is 0 Å². The van der Waals surface area contributed by atoms with Crippen molar-refractivity contribution in [3.05, 3.63) is 259 Å². The Morgan fingerprint density at radius 3 is 1.20 bits per heavy atom. The number of benzene rings is 9. The van der Waals surface area contributed by atoms with E-state index in [-0.39, 0.29) is 0 Å². The Labute approximate surface area is 329 Å². The van der Waals surface area contributed by atoms with Gasteiger partial charge in [0.1, 0.15) is 0 Å². The van der Waals surface area contributed by atoms with E-state index in [0.717, 1.165) is 22.6 Å². The topological polar surface area (TPSA) is 3.24 Å². The Hall–Kier alpha value is -7.22. The molecule has 0 atom stereocenters. The van der Waals surface area contributed by atoms with Crippen LogP contribution in [0.4, 0.5) is 17.1 Å². The monoisotopic (exact) mass is 713 g/mol. The highest BCUT2D eigenvalue weighted by atomic mass is 15.1. The van der Waals surface area contributed by atoms with Gasteiger partial charge in [-0.05, 0) is 97.6 Å². The van der Waals surface area contributed by atoms with E-state index in [1.54, 1.807) is 0 Å². The second kappa shape index (κ2) is 14.2. The maximum absolute atomic E-state index is 2.43. The van der Waals surface area contributed by atoms with Crippen molar-refractivity contribution in [1.82, 2.24) is 0 Å². The van der Waals surface area contributed by atoms with Crippen molar-refractivity contribution in [2.45, 2.75) is 5.41 Å². The molecule has 0 aromatic heterocycles. The molecule has 0 N–H and O–H groups in total. The maximum atomic E-state index is 2.43. The van der Waals surface area contributed by atoms with Crippen molar-refractivity contribution in [3.8, 4) is 44.5 Å². The molecule has 0 amide bonds. The predicted octanol–water partition coefficient (Wildman–Crippen LogP) is 14.5. The summed E-state index contributed by atoms with van der Waals surface area (Å²) in [4.78, 5) is 2.40. The molecule has 0 unspecified atom stereocenters. The largest absolute Gasteiger partial charge is 0.310 e. The molecule has 1 nitrogen and oxygen atoms in total. The normalized spacial score (nSPS) is 12.4. The molecule has 0 spiro atoms. The van der Waals surface area contributed by atoms with E-state index in [1.165, 1.54) is 61.2 Å². The summed E-state index contributed by atoms with van der Waals surface area (Å²) in [7, 11) is 0. The molecule has 1 heteroatoms. The molecule has 9 aromatic rings. The van der Waals surface area contributed by atoms with Crippen LogP contribution in [0.5, 0.6) is 0 Å². The van der Waals surface area contributed by atoms with E-state index < -0.39 is 5.41 Å². The second-order valence-corrected chi connectivity index (χ2v) is 14.5. The molecule has 0 saturated carbocycles. The first kappa shape index (κ1) is 33.4. The zero-order chi connectivity index (χ0) is 37.3. The smallest absolute Gasteiger partial charge is 0.0713 e. The van der Waals surface area contributed by atoms with E-state index in [1.807, 2.05) is 0 Å². The number of hydrogen-bond acceptors (Lipinski definition) is 1. The summed E-state index contributed by atoms with van der Waals surface area (Å²) < 4.78 is 0. The highest BCUT2D eigenvalue weighted by molar-refractivity contribution is 5.91. The lowest BCUT2D eigenvalue weighted by atomic mass is 9.67. The fraction of sp³-hybridized carbons (Fsp3) is 0.0182. The quantitative estimate of drug-likeness (QED) is 0.152. The third-order valence-electron chi connectivity index (χ3n) is 11.4. The molecule has 264 valence electrons. The van der Waals surface area contributed by atoms with Crippen LogP contribution >= 0.6 is 0 Å². The van der Waals surface area contributed by atoms with Gasteiger partial charge in [-0.1, -0.05) is 200 Å². The van der Waals surface area contributed by atoms with Crippen LogP contribution in [-0.4, -0.2) is 0 Å². The van der Waals surface area contributed by atoms with E-state index in [2.05, 4.69) is 241 Å². The molecule has 0 aliphatic heterocycles. The molecular formula is C55H39N. The summed E-state index contributed by atoms with van der Waals surface area (Å²) in [6.07, 6.45) is 0. The molecule has 9 aromatic carbocycles. The molecule has 1 aliphatic carbocycles. The molecular weight excluding hydrogens is 675 g/mol. The molecule has 0 saturated heterocycles. The highest BCUT2D eigenvalue weighted by Crippen LogP contribution is 2.56.